The van der Waals surface area contributed by atoms with E-state index in [9.17, 15) is 14.0 Å². The van der Waals surface area contributed by atoms with Crippen molar-refractivity contribution in [3.8, 4) is 0 Å². The van der Waals surface area contributed by atoms with Crippen LogP contribution in [-0.4, -0.2) is 11.8 Å². The first-order valence-corrected chi connectivity index (χ1v) is 5.63. The summed E-state index contributed by atoms with van der Waals surface area (Å²) >= 11 is 3.08. The molecule has 1 aliphatic rings. The van der Waals surface area contributed by atoms with E-state index in [1.165, 1.54) is 6.07 Å². The van der Waals surface area contributed by atoms with Crippen molar-refractivity contribution in [3.05, 3.63) is 34.1 Å². The van der Waals surface area contributed by atoms with Gasteiger partial charge in [0.25, 0.3) is 0 Å². The van der Waals surface area contributed by atoms with E-state index in [0.29, 0.717) is 4.47 Å². The monoisotopic (exact) mass is 285 g/mol. The van der Waals surface area contributed by atoms with Gasteiger partial charge >= 0.3 is 0 Å². The molecule has 3 nitrogen and oxygen atoms in total. The zero-order valence-electron chi connectivity index (χ0n) is 8.30. The third-order valence-electron chi connectivity index (χ3n) is 2.56. The summed E-state index contributed by atoms with van der Waals surface area (Å²) in [7, 11) is 0. The second-order valence-corrected chi connectivity index (χ2v) is 4.60. The molecule has 0 atom stereocenters. The van der Waals surface area contributed by atoms with Crippen LogP contribution in [0.4, 0.5) is 4.39 Å². The van der Waals surface area contributed by atoms with Crippen molar-refractivity contribution in [1.82, 2.24) is 5.32 Å². The van der Waals surface area contributed by atoms with Crippen molar-refractivity contribution in [3.63, 3.8) is 0 Å². The molecule has 0 spiro atoms. The maximum absolute atomic E-state index is 13.0. The number of hydrogen-bond acceptors (Lipinski definition) is 2. The molecule has 1 saturated heterocycles. The number of halogens is 2. The Hall–Kier alpha value is -1.23. The second kappa shape index (κ2) is 4.33. The van der Waals surface area contributed by atoms with Crippen LogP contribution in [0, 0.1) is 5.82 Å². The van der Waals surface area contributed by atoms with Gasteiger partial charge in [0, 0.05) is 18.8 Å². The number of benzene rings is 1. The van der Waals surface area contributed by atoms with E-state index in [2.05, 4.69) is 21.2 Å². The molecule has 0 aromatic heterocycles. The highest BCUT2D eigenvalue weighted by molar-refractivity contribution is 9.10. The second-order valence-electron chi connectivity index (χ2n) is 3.75. The lowest BCUT2D eigenvalue weighted by Gasteiger charge is -2.21. The van der Waals surface area contributed by atoms with E-state index >= 15 is 0 Å². The zero-order chi connectivity index (χ0) is 11.7. The maximum Gasteiger partial charge on any atom is 0.227 e. The van der Waals surface area contributed by atoms with E-state index in [1.54, 1.807) is 12.1 Å². The number of amides is 2. The molecule has 2 amide bonds. The highest BCUT2D eigenvalue weighted by atomic mass is 79.9. The van der Waals surface area contributed by atoms with Gasteiger partial charge in [0.15, 0.2) is 0 Å². The summed E-state index contributed by atoms with van der Waals surface area (Å²) in [6.07, 6.45) is 0.535. The SMILES string of the molecule is O=C1CC(c2ccc(F)c(Br)c2)CC(=O)N1. The van der Waals surface area contributed by atoms with Crippen LogP contribution in [0.25, 0.3) is 0 Å². The van der Waals surface area contributed by atoms with E-state index in [-0.39, 0.29) is 36.4 Å². The summed E-state index contributed by atoms with van der Waals surface area (Å²) in [4.78, 5) is 22.4. The highest BCUT2D eigenvalue weighted by Crippen LogP contribution is 2.29. The van der Waals surface area contributed by atoms with Crippen LogP contribution >= 0.6 is 15.9 Å². The van der Waals surface area contributed by atoms with Gasteiger partial charge in [-0.15, -0.1) is 0 Å². The molecule has 0 radical (unpaired) electrons. The number of rotatable bonds is 1. The molecule has 2 rings (SSSR count). The lowest BCUT2D eigenvalue weighted by atomic mass is 9.89. The van der Waals surface area contributed by atoms with Gasteiger partial charge in [-0.1, -0.05) is 6.07 Å². The van der Waals surface area contributed by atoms with E-state index in [4.69, 9.17) is 0 Å². The summed E-state index contributed by atoms with van der Waals surface area (Å²) in [6, 6.07) is 4.55. The fourth-order valence-electron chi connectivity index (χ4n) is 1.78. The molecule has 1 aliphatic heterocycles. The number of carbonyl (C=O) groups is 2. The molecular formula is C11H9BrFNO2. The standard InChI is InChI=1S/C11H9BrFNO2/c12-8-3-6(1-2-9(8)13)7-4-10(15)14-11(16)5-7/h1-3,7H,4-5H2,(H,14,15,16). The van der Waals surface area contributed by atoms with Crippen LogP contribution in [0.3, 0.4) is 0 Å². The van der Waals surface area contributed by atoms with Crippen molar-refractivity contribution in [2.45, 2.75) is 18.8 Å². The first-order chi connectivity index (χ1) is 7.56. The minimum atomic E-state index is -0.352. The highest BCUT2D eigenvalue weighted by Gasteiger charge is 2.26. The first kappa shape index (κ1) is 11.3. The average molecular weight is 286 g/mol. The lowest BCUT2D eigenvalue weighted by Crippen LogP contribution is -2.37. The minimum absolute atomic E-state index is 0.154. The van der Waals surface area contributed by atoms with Crippen LogP contribution < -0.4 is 5.32 Å². The van der Waals surface area contributed by atoms with Crippen LogP contribution in [-0.2, 0) is 9.59 Å². The molecule has 5 heteroatoms. The Morgan fingerprint density at radius 3 is 2.44 bits per heavy atom. The Labute approximate surface area is 100 Å². The van der Waals surface area contributed by atoms with E-state index < -0.39 is 0 Å². The molecule has 1 fully saturated rings. The molecule has 0 aliphatic carbocycles. The van der Waals surface area contributed by atoms with Crippen LogP contribution in [0.1, 0.15) is 24.3 Å². The van der Waals surface area contributed by atoms with Crippen molar-refractivity contribution >= 4 is 27.7 Å². The molecule has 1 aromatic rings. The fraction of sp³-hybridized carbons (Fsp3) is 0.273. The molecule has 1 N–H and O–H groups in total. The van der Waals surface area contributed by atoms with Gasteiger partial charge in [0.05, 0.1) is 4.47 Å². The number of nitrogens with one attached hydrogen (secondary N) is 1. The average Bonchev–Trinajstić information content (AvgIpc) is 2.20. The van der Waals surface area contributed by atoms with Crippen molar-refractivity contribution in [2.75, 3.05) is 0 Å². The van der Waals surface area contributed by atoms with Gasteiger partial charge in [0.2, 0.25) is 11.8 Å². The quantitative estimate of drug-likeness (QED) is 0.804. The minimum Gasteiger partial charge on any atom is -0.296 e. The van der Waals surface area contributed by atoms with Gasteiger partial charge in [-0.05, 0) is 33.6 Å². The predicted molar refractivity (Wildman–Crippen MR) is 59.2 cm³/mol. The van der Waals surface area contributed by atoms with Crippen molar-refractivity contribution in [2.24, 2.45) is 0 Å². The molecule has 0 saturated carbocycles. The third kappa shape index (κ3) is 2.29. The first-order valence-electron chi connectivity index (χ1n) is 4.84. The normalized spacial score (nSPS) is 17.4. The van der Waals surface area contributed by atoms with Crippen molar-refractivity contribution in [1.29, 1.82) is 0 Å². The molecule has 1 aromatic carbocycles. The Morgan fingerprint density at radius 2 is 1.88 bits per heavy atom. The number of hydrogen-bond donors (Lipinski definition) is 1. The third-order valence-corrected chi connectivity index (χ3v) is 3.17. The molecule has 1 heterocycles. The Bertz CT molecular complexity index is 445. The van der Waals surface area contributed by atoms with Crippen LogP contribution in [0.5, 0.6) is 0 Å². The molecule has 16 heavy (non-hydrogen) atoms. The lowest BCUT2D eigenvalue weighted by molar-refractivity contribution is -0.133. The summed E-state index contributed by atoms with van der Waals surface area (Å²) < 4.78 is 13.4. The Kier molecular flexibility index (Phi) is 3.05. The molecule has 0 unspecified atom stereocenters. The molecule has 84 valence electrons. The van der Waals surface area contributed by atoms with Gasteiger partial charge < -0.3 is 0 Å². The zero-order valence-corrected chi connectivity index (χ0v) is 9.88. The predicted octanol–water partition coefficient (Wildman–Crippen LogP) is 2.11. The smallest absolute Gasteiger partial charge is 0.227 e. The summed E-state index contributed by atoms with van der Waals surface area (Å²) in [6.45, 7) is 0. The van der Waals surface area contributed by atoms with Crippen LogP contribution in [0.15, 0.2) is 22.7 Å². The van der Waals surface area contributed by atoms with E-state index in [0.717, 1.165) is 5.56 Å². The summed E-state index contributed by atoms with van der Waals surface area (Å²) in [5, 5.41) is 2.24. The Balaban J connectivity index is 2.26. The van der Waals surface area contributed by atoms with Gasteiger partial charge in [-0.25, -0.2) is 4.39 Å². The number of piperidine rings is 1. The van der Waals surface area contributed by atoms with Gasteiger partial charge in [0.1, 0.15) is 5.82 Å². The van der Waals surface area contributed by atoms with Gasteiger partial charge in [-0.3, -0.25) is 14.9 Å². The molecule has 0 bridgehead atoms. The number of imide groups is 1. The number of carbonyl (C=O) groups excluding carboxylic acids is 2. The topological polar surface area (TPSA) is 46.2 Å². The van der Waals surface area contributed by atoms with Gasteiger partial charge in [-0.2, -0.15) is 0 Å². The Morgan fingerprint density at radius 1 is 1.25 bits per heavy atom. The molecular weight excluding hydrogens is 277 g/mol. The van der Waals surface area contributed by atoms with E-state index in [1.807, 2.05) is 0 Å². The summed E-state index contributed by atoms with van der Waals surface area (Å²) in [5.41, 5.74) is 0.802. The van der Waals surface area contributed by atoms with Crippen LogP contribution in [0.2, 0.25) is 0 Å². The van der Waals surface area contributed by atoms with Crippen molar-refractivity contribution < 1.29 is 14.0 Å². The fourth-order valence-corrected chi connectivity index (χ4v) is 2.18. The maximum atomic E-state index is 13.0. The largest absolute Gasteiger partial charge is 0.296 e. The summed E-state index contributed by atoms with van der Waals surface area (Å²) in [5.74, 6) is -1.06.